The molecule has 134 valence electrons. The van der Waals surface area contributed by atoms with Crippen LogP contribution in [0.1, 0.15) is 6.92 Å². The Hall–Kier alpha value is -2.71. The van der Waals surface area contributed by atoms with Crippen molar-refractivity contribution in [2.45, 2.75) is 13.5 Å². The summed E-state index contributed by atoms with van der Waals surface area (Å²) in [6.45, 7) is 2.00. The molecule has 2 aromatic heterocycles. The van der Waals surface area contributed by atoms with Gasteiger partial charge in [0.1, 0.15) is 17.0 Å². The van der Waals surface area contributed by atoms with Crippen LogP contribution >= 0.6 is 23.2 Å². The fourth-order valence-electron chi connectivity index (χ4n) is 2.61. The predicted octanol–water partition coefficient (Wildman–Crippen LogP) is 4.08. The average Bonchev–Trinajstić information content (AvgIpc) is 2.99. The predicted molar refractivity (Wildman–Crippen MR) is 95.6 cm³/mol. The number of nitrogens with zero attached hydrogens (tertiary/aromatic N) is 4. The first-order chi connectivity index (χ1) is 12.3. The summed E-state index contributed by atoms with van der Waals surface area (Å²) in [5.74, 6) is -0.442. The van der Waals surface area contributed by atoms with Gasteiger partial charge in [-0.25, -0.2) is 9.07 Å². The van der Waals surface area contributed by atoms with Crippen LogP contribution in [0.15, 0.2) is 41.3 Å². The number of pyridine rings is 1. The first-order valence-corrected chi connectivity index (χ1v) is 8.18. The summed E-state index contributed by atoms with van der Waals surface area (Å²) in [7, 11) is 0. The van der Waals surface area contributed by atoms with Crippen LogP contribution in [0.4, 0.5) is 10.1 Å². The van der Waals surface area contributed by atoms with E-state index in [1.54, 1.807) is 6.92 Å². The zero-order chi connectivity index (χ0) is 19.0. The van der Waals surface area contributed by atoms with Crippen molar-refractivity contribution in [3.8, 4) is 16.9 Å². The van der Waals surface area contributed by atoms with Gasteiger partial charge in [-0.2, -0.15) is 5.10 Å². The maximum atomic E-state index is 13.3. The lowest BCUT2D eigenvalue weighted by Gasteiger charge is -2.17. The van der Waals surface area contributed by atoms with Gasteiger partial charge in [0.05, 0.1) is 16.3 Å². The van der Waals surface area contributed by atoms with Gasteiger partial charge in [-0.1, -0.05) is 23.2 Å². The molecule has 7 nitrogen and oxygen atoms in total. The lowest BCUT2D eigenvalue weighted by molar-refractivity contribution is -0.384. The van der Waals surface area contributed by atoms with Gasteiger partial charge in [0, 0.05) is 12.1 Å². The molecule has 10 heteroatoms. The lowest BCUT2D eigenvalue weighted by Crippen LogP contribution is -2.23. The first-order valence-electron chi connectivity index (χ1n) is 7.42. The van der Waals surface area contributed by atoms with Crippen LogP contribution in [0.2, 0.25) is 10.2 Å². The van der Waals surface area contributed by atoms with Gasteiger partial charge >= 0.3 is 5.69 Å². The molecule has 0 atom stereocenters. The van der Waals surface area contributed by atoms with Gasteiger partial charge in [0.15, 0.2) is 0 Å². The zero-order valence-electron chi connectivity index (χ0n) is 13.3. The Morgan fingerprint density at radius 1 is 1.27 bits per heavy atom. The zero-order valence-corrected chi connectivity index (χ0v) is 14.8. The molecule has 1 aromatic carbocycles. The molecular formula is C16H11Cl2FN4O3. The molecule has 26 heavy (non-hydrogen) atoms. The van der Waals surface area contributed by atoms with Crippen molar-refractivity contribution in [2.75, 3.05) is 0 Å². The van der Waals surface area contributed by atoms with Crippen molar-refractivity contribution in [3.05, 3.63) is 73.0 Å². The van der Waals surface area contributed by atoms with E-state index >= 15 is 0 Å². The fourth-order valence-corrected chi connectivity index (χ4v) is 3.07. The number of nitro groups is 1. The Bertz CT molecular complexity index is 1060. The van der Waals surface area contributed by atoms with Crippen molar-refractivity contribution in [1.29, 1.82) is 0 Å². The number of rotatable bonds is 4. The van der Waals surface area contributed by atoms with Crippen molar-refractivity contribution in [1.82, 2.24) is 14.3 Å². The van der Waals surface area contributed by atoms with Crippen LogP contribution in [0.25, 0.3) is 16.9 Å². The highest BCUT2D eigenvalue weighted by Crippen LogP contribution is 2.33. The molecule has 0 aliphatic carbocycles. The van der Waals surface area contributed by atoms with E-state index in [-0.39, 0.29) is 28.1 Å². The minimum Gasteiger partial charge on any atom is -0.305 e. The SMILES string of the molecule is CCn1c(-c2ccc(F)cc2)c(-n2ncc([N+](=O)[O-])c2Cl)cc(Cl)c1=O. The molecule has 0 N–H and O–H groups in total. The van der Waals surface area contributed by atoms with Gasteiger partial charge in [-0.3, -0.25) is 14.9 Å². The number of hydrogen-bond acceptors (Lipinski definition) is 4. The van der Waals surface area contributed by atoms with E-state index in [2.05, 4.69) is 5.10 Å². The molecule has 0 aliphatic rings. The molecule has 3 rings (SSSR count). The summed E-state index contributed by atoms with van der Waals surface area (Å²) in [5.41, 5.74) is 0.298. The van der Waals surface area contributed by atoms with Crippen LogP contribution in [0.5, 0.6) is 0 Å². The summed E-state index contributed by atoms with van der Waals surface area (Å²) in [5, 5.41) is 14.7. The minimum absolute atomic E-state index is 0.0954. The Labute approximate surface area is 156 Å². The van der Waals surface area contributed by atoms with Gasteiger partial charge in [-0.05, 0) is 37.3 Å². The van der Waals surface area contributed by atoms with Crippen molar-refractivity contribution >= 4 is 28.9 Å². The molecule has 0 bridgehead atoms. The maximum Gasteiger partial charge on any atom is 0.326 e. The van der Waals surface area contributed by atoms with Crippen LogP contribution in [-0.2, 0) is 6.54 Å². The van der Waals surface area contributed by atoms with Gasteiger partial charge < -0.3 is 4.57 Å². The quantitative estimate of drug-likeness (QED) is 0.491. The molecule has 2 heterocycles. The van der Waals surface area contributed by atoms with E-state index in [1.807, 2.05) is 0 Å². The van der Waals surface area contributed by atoms with Gasteiger partial charge in [0.2, 0.25) is 5.15 Å². The summed E-state index contributed by atoms with van der Waals surface area (Å²) in [4.78, 5) is 22.8. The summed E-state index contributed by atoms with van der Waals surface area (Å²) in [6.07, 6.45) is 1.01. The average molecular weight is 397 g/mol. The number of hydrogen-bond donors (Lipinski definition) is 0. The molecule has 0 spiro atoms. The van der Waals surface area contributed by atoms with E-state index in [0.29, 0.717) is 11.3 Å². The number of halogens is 3. The number of aromatic nitrogens is 3. The topological polar surface area (TPSA) is 83.0 Å². The molecule has 0 unspecified atom stereocenters. The Morgan fingerprint density at radius 2 is 1.92 bits per heavy atom. The third-order valence-corrected chi connectivity index (χ3v) is 4.40. The smallest absolute Gasteiger partial charge is 0.305 e. The summed E-state index contributed by atoms with van der Waals surface area (Å²) < 4.78 is 15.8. The van der Waals surface area contributed by atoms with E-state index in [4.69, 9.17) is 23.2 Å². The maximum absolute atomic E-state index is 13.3. The van der Waals surface area contributed by atoms with Crippen molar-refractivity contribution in [2.24, 2.45) is 0 Å². The normalized spacial score (nSPS) is 10.9. The van der Waals surface area contributed by atoms with E-state index < -0.39 is 16.3 Å². The third kappa shape index (κ3) is 2.97. The Morgan fingerprint density at radius 3 is 2.46 bits per heavy atom. The van der Waals surface area contributed by atoms with Crippen molar-refractivity contribution < 1.29 is 9.31 Å². The molecule has 0 amide bonds. The van der Waals surface area contributed by atoms with Gasteiger partial charge in [0.25, 0.3) is 5.56 Å². The minimum atomic E-state index is -0.666. The van der Waals surface area contributed by atoms with Crippen molar-refractivity contribution in [3.63, 3.8) is 0 Å². The summed E-state index contributed by atoms with van der Waals surface area (Å²) in [6, 6.07) is 6.78. The first kappa shape index (κ1) is 18.1. The van der Waals surface area contributed by atoms with Crippen LogP contribution in [-0.4, -0.2) is 19.3 Å². The second kappa shape index (κ2) is 6.89. The Kier molecular flexibility index (Phi) is 4.80. The molecule has 3 aromatic rings. The lowest BCUT2D eigenvalue weighted by atomic mass is 10.1. The molecule has 0 saturated carbocycles. The fraction of sp³-hybridized carbons (Fsp3) is 0.125. The monoisotopic (exact) mass is 396 g/mol. The van der Waals surface area contributed by atoms with Crippen LogP contribution in [0.3, 0.4) is 0 Å². The molecule has 0 aliphatic heterocycles. The van der Waals surface area contributed by atoms with Crippen LogP contribution in [0, 0.1) is 15.9 Å². The highest BCUT2D eigenvalue weighted by atomic mass is 35.5. The second-order valence-corrected chi connectivity index (χ2v) is 6.04. The van der Waals surface area contributed by atoms with Gasteiger partial charge in [-0.15, -0.1) is 0 Å². The molecule has 0 radical (unpaired) electrons. The van der Waals surface area contributed by atoms with E-state index in [9.17, 15) is 19.3 Å². The summed E-state index contributed by atoms with van der Waals surface area (Å²) >= 11 is 12.1. The van der Waals surface area contributed by atoms with E-state index in [1.165, 1.54) is 34.9 Å². The van der Waals surface area contributed by atoms with E-state index in [0.717, 1.165) is 10.9 Å². The Balaban J connectivity index is 2.38. The standard InChI is InChI=1S/C16H11Cl2FN4O3/c1-2-21-14(9-3-5-10(19)6-4-9)12(7-11(17)16(21)24)22-15(18)13(8-20-22)23(25)26/h3-8H,2H2,1H3. The third-order valence-electron chi connectivity index (χ3n) is 3.78. The molecular weight excluding hydrogens is 386 g/mol. The van der Waals surface area contributed by atoms with Crippen LogP contribution < -0.4 is 5.56 Å². The molecule has 0 fully saturated rings. The highest BCUT2D eigenvalue weighted by molar-refractivity contribution is 6.32. The largest absolute Gasteiger partial charge is 0.326 e. The second-order valence-electron chi connectivity index (χ2n) is 5.27. The number of benzene rings is 1. The molecule has 0 saturated heterocycles. The highest BCUT2D eigenvalue weighted by Gasteiger charge is 2.24.